The molecule has 1 fully saturated rings. The molecule has 2 N–H and O–H groups in total. The first-order valence-electron chi connectivity index (χ1n) is 13.0. The fourth-order valence-corrected chi connectivity index (χ4v) is 6.23. The van der Waals surface area contributed by atoms with Gasteiger partial charge in [-0.15, -0.1) is 0 Å². The smallest absolute Gasteiger partial charge is 0.270 e. The van der Waals surface area contributed by atoms with E-state index in [1.807, 2.05) is 37.3 Å². The van der Waals surface area contributed by atoms with E-state index in [9.17, 15) is 14.0 Å². The van der Waals surface area contributed by atoms with Gasteiger partial charge in [-0.25, -0.2) is 4.39 Å². The SMILES string of the molecule is CC1=NCC(C)=C1c1ccc(NC(=O)[C@@H](NC(=O)c2ccnn2C)C2c3cc(F)ccc3CC23CC3)cc1. The van der Waals surface area contributed by atoms with Gasteiger partial charge in [0.25, 0.3) is 5.91 Å². The quantitative estimate of drug-likeness (QED) is 0.504. The molecule has 8 heteroatoms. The van der Waals surface area contributed by atoms with Gasteiger partial charge in [-0.05, 0) is 91.1 Å². The van der Waals surface area contributed by atoms with Gasteiger partial charge in [-0.3, -0.25) is 19.3 Å². The molecular weight excluding hydrogens is 481 g/mol. The van der Waals surface area contributed by atoms with Crippen LogP contribution in [0.3, 0.4) is 0 Å². The van der Waals surface area contributed by atoms with E-state index >= 15 is 0 Å². The number of nitrogens with zero attached hydrogens (tertiary/aromatic N) is 3. The Morgan fingerprint density at radius 2 is 1.87 bits per heavy atom. The zero-order chi connectivity index (χ0) is 26.6. The van der Waals surface area contributed by atoms with E-state index in [2.05, 4.69) is 27.6 Å². The Morgan fingerprint density at radius 1 is 1.11 bits per heavy atom. The molecule has 2 aliphatic carbocycles. The van der Waals surface area contributed by atoms with E-state index in [1.54, 1.807) is 19.3 Å². The van der Waals surface area contributed by atoms with Gasteiger partial charge >= 0.3 is 0 Å². The first-order valence-corrected chi connectivity index (χ1v) is 13.0. The molecule has 1 aliphatic heterocycles. The standard InChI is InChI=1S/C30H30FN5O2/c1-17-16-32-18(2)25(17)19-5-8-22(9-6-19)34-29(38)27(35-28(37)24-10-13-33-36(24)3)26-23-14-21(31)7-4-20(23)15-30(26)11-12-30/h4-10,13-14,26-27H,11-12,15-16H2,1-3H3,(H,34,38)(H,35,37)/t26?,27-/m0/s1. The van der Waals surface area contributed by atoms with Crippen molar-refractivity contribution in [3.05, 3.63) is 88.5 Å². The van der Waals surface area contributed by atoms with Gasteiger partial charge in [0.05, 0.1) is 6.54 Å². The Hall–Kier alpha value is -4.07. The minimum absolute atomic E-state index is 0.148. The number of fused-ring (bicyclic) bond motifs is 1. The van der Waals surface area contributed by atoms with Crippen LogP contribution in [0.4, 0.5) is 10.1 Å². The third-order valence-corrected chi connectivity index (χ3v) is 8.28. The molecule has 38 heavy (non-hydrogen) atoms. The number of aliphatic imine (C=N–C) groups is 1. The van der Waals surface area contributed by atoms with E-state index in [0.717, 1.165) is 47.2 Å². The molecule has 3 aliphatic rings. The first-order chi connectivity index (χ1) is 18.3. The van der Waals surface area contributed by atoms with Crippen molar-refractivity contribution in [2.75, 3.05) is 11.9 Å². The second-order valence-corrected chi connectivity index (χ2v) is 10.8. The predicted molar refractivity (Wildman–Crippen MR) is 145 cm³/mol. The maximum absolute atomic E-state index is 14.4. The molecule has 0 radical (unpaired) electrons. The molecule has 1 unspecified atom stereocenters. The highest BCUT2D eigenvalue weighted by Crippen LogP contribution is 2.64. The summed E-state index contributed by atoms with van der Waals surface area (Å²) < 4.78 is 15.8. The van der Waals surface area contributed by atoms with Gasteiger partial charge in [0, 0.05) is 36.1 Å². The summed E-state index contributed by atoms with van der Waals surface area (Å²) in [5.41, 5.74) is 7.12. The number of carbonyl (C=O) groups is 2. The van der Waals surface area contributed by atoms with E-state index in [1.165, 1.54) is 22.4 Å². The molecule has 194 valence electrons. The van der Waals surface area contributed by atoms with Gasteiger partial charge in [0.15, 0.2) is 0 Å². The van der Waals surface area contributed by atoms with Crippen LogP contribution in [0.5, 0.6) is 0 Å². The zero-order valence-electron chi connectivity index (χ0n) is 21.7. The average molecular weight is 512 g/mol. The molecule has 2 aromatic carbocycles. The number of rotatable bonds is 6. The second kappa shape index (κ2) is 9.04. The maximum Gasteiger partial charge on any atom is 0.270 e. The molecule has 1 saturated carbocycles. The van der Waals surface area contributed by atoms with Crippen LogP contribution in [-0.4, -0.2) is 39.9 Å². The molecule has 0 saturated heterocycles. The second-order valence-electron chi connectivity index (χ2n) is 10.8. The number of aromatic nitrogens is 2. The van der Waals surface area contributed by atoms with Crippen LogP contribution < -0.4 is 10.6 Å². The van der Waals surface area contributed by atoms with Gasteiger partial charge < -0.3 is 10.6 Å². The van der Waals surface area contributed by atoms with Gasteiger partial charge in [-0.2, -0.15) is 5.10 Å². The van der Waals surface area contributed by atoms with Crippen LogP contribution in [0, 0.1) is 11.2 Å². The van der Waals surface area contributed by atoms with Crippen molar-refractivity contribution in [1.29, 1.82) is 0 Å². The van der Waals surface area contributed by atoms with Crippen LogP contribution in [-0.2, 0) is 18.3 Å². The monoisotopic (exact) mass is 511 g/mol. The lowest BCUT2D eigenvalue weighted by Crippen LogP contribution is -2.49. The van der Waals surface area contributed by atoms with E-state index in [4.69, 9.17) is 0 Å². The summed E-state index contributed by atoms with van der Waals surface area (Å²) in [5.74, 6) is -1.38. The van der Waals surface area contributed by atoms with Gasteiger partial charge in [-0.1, -0.05) is 18.2 Å². The Bertz CT molecular complexity index is 1510. The van der Waals surface area contributed by atoms with Crippen molar-refractivity contribution in [2.24, 2.45) is 17.5 Å². The zero-order valence-corrected chi connectivity index (χ0v) is 21.7. The fraction of sp³-hybridized carbons (Fsp3) is 0.333. The molecule has 7 nitrogen and oxygen atoms in total. The van der Waals surface area contributed by atoms with Crippen LogP contribution in [0.1, 0.15) is 59.8 Å². The molecule has 0 bridgehead atoms. The number of allylic oxidation sites excluding steroid dienone is 1. The third kappa shape index (κ3) is 4.14. The Kier molecular flexibility index (Phi) is 5.78. The van der Waals surface area contributed by atoms with E-state index < -0.39 is 6.04 Å². The summed E-state index contributed by atoms with van der Waals surface area (Å²) in [6.45, 7) is 4.80. The number of anilines is 1. The summed E-state index contributed by atoms with van der Waals surface area (Å²) in [6.07, 6.45) is 4.19. The van der Waals surface area contributed by atoms with E-state index in [-0.39, 0.29) is 29.0 Å². The fourth-order valence-electron chi connectivity index (χ4n) is 6.23. The summed E-state index contributed by atoms with van der Waals surface area (Å²) in [6, 6.07) is 13.2. The number of nitrogens with one attached hydrogen (secondary N) is 2. The Morgan fingerprint density at radius 3 is 2.50 bits per heavy atom. The van der Waals surface area contributed by atoms with Crippen molar-refractivity contribution in [3.8, 4) is 0 Å². The lowest BCUT2D eigenvalue weighted by atomic mass is 9.82. The van der Waals surface area contributed by atoms with Crippen molar-refractivity contribution < 1.29 is 14.0 Å². The van der Waals surface area contributed by atoms with Crippen molar-refractivity contribution in [3.63, 3.8) is 0 Å². The number of benzene rings is 2. The topological polar surface area (TPSA) is 88.4 Å². The summed E-state index contributed by atoms with van der Waals surface area (Å²) >= 11 is 0. The predicted octanol–water partition coefficient (Wildman–Crippen LogP) is 4.66. The number of hydrogen-bond acceptors (Lipinski definition) is 4. The minimum Gasteiger partial charge on any atom is -0.338 e. The normalized spacial score (nSPS) is 19.8. The van der Waals surface area contributed by atoms with Gasteiger partial charge in [0.2, 0.25) is 5.91 Å². The summed E-state index contributed by atoms with van der Waals surface area (Å²) in [4.78, 5) is 31.7. The molecule has 1 aromatic heterocycles. The molecule has 2 heterocycles. The number of amides is 2. The highest BCUT2D eigenvalue weighted by Gasteiger charge is 2.58. The lowest BCUT2D eigenvalue weighted by molar-refractivity contribution is -0.118. The summed E-state index contributed by atoms with van der Waals surface area (Å²) in [7, 11) is 1.68. The van der Waals surface area contributed by atoms with Gasteiger partial charge in [0.1, 0.15) is 17.6 Å². The number of aryl methyl sites for hydroxylation is 1. The van der Waals surface area contributed by atoms with Crippen LogP contribution >= 0.6 is 0 Å². The molecule has 6 rings (SSSR count). The highest BCUT2D eigenvalue weighted by atomic mass is 19.1. The van der Waals surface area contributed by atoms with E-state index in [0.29, 0.717) is 17.9 Å². The number of carbonyl (C=O) groups excluding carboxylic acids is 2. The number of hydrogen-bond donors (Lipinski definition) is 2. The summed E-state index contributed by atoms with van der Waals surface area (Å²) in [5, 5.41) is 10.1. The van der Waals surface area contributed by atoms with Crippen molar-refractivity contribution >= 4 is 28.8 Å². The van der Waals surface area contributed by atoms with Crippen molar-refractivity contribution in [1.82, 2.24) is 15.1 Å². The van der Waals surface area contributed by atoms with Crippen LogP contribution in [0.25, 0.3) is 5.57 Å². The van der Waals surface area contributed by atoms with Crippen LogP contribution in [0.2, 0.25) is 0 Å². The largest absolute Gasteiger partial charge is 0.338 e. The molecule has 2 atom stereocenters. The lowest BCUT2D eigenvalue weighted by Gasteiger charge is -2.29. The molecule has 3 aromatic rings. The third-order valence-electron chi connectivity index (χ3n) is 8.28. The molecule has 1 spiro atoms. The molecular formula is C30H30FN5O2. The minimum atomic E-state index is -0.878. The first kappa shape index (κ1) is 24.3. The highest BCUT2D eigenvalue weighted by molar-refractivity contribution is 6.25. The number of halogens is 1. The van der Waals surface area contributed by atoms with Crippen molar-refractivity contribution in [2.45, 2.75) is 45.1 Å². The maximum atomic E-state index is 14.4. The Labute approximate surface area is 220 Å². The van der Waals surface area contributed by atoms with Crippen LogP contribution in [0.15, 0.2) is 65.3 Å². The molecule has 2 amide bonds. The average Bonchev–Trinajstić information content (AvgIpc) is 3.21. The Balaban J connectivity index is 1.31.